The molecule has 0 aliphatic rings. The van der Waals surface area contributed by atoms with Crippen LogP contribution in [-0.2, 0) is 16.0 Å². The second-order valence-electron chi connectivity index (χ2n) is 6.94. The molecule has 0 unspecified atom stereocenters. The van der Waals surface area contributed by atoms with E-state index in [4.69, 9.17) is 0 Å². The van der Waals surface area contributed by atoms with E-state index in [1.54, 1.807) is 13.8 Å². The normalized spacial score (nSPS) is 12.5. The Hall–Kier alpha value is -1.99. The quantitative estimate of drug-likeness (QED) is 0.542. The molecule has 0 aliphatic heterocycles. The molecule has 0 radical (unpaired) electrons. The topological polar surface area (TPSA) is 89.9 Å². The number of alkyl halides is 1. The number of aliphatic hydroxyl groups is 2. The Balaban J connectivity index is 2.45. The van der Waals surface area contributed by atoms with Crippen molar-refractivity contribution in [1.29, 1.82) is 0 Å². The molecular formula is C19H29FN2O4. The molecule has 146 valence electrons. The zero-order valence-electron chi connectivity index (χ0n) is 15.4. The molecule has 0 fully saturated rings. The Morgan fingerprint density at radius 2 is 1.88 bits per heavy atom. The van der Waals surface area contributed by atoms with Crippen molar-refractivity contribution in [3.63, 3.8) is 0 Å². The summed E-state index contributed by atoms with van der Waals surface area (Å²) in [6, 6.07) is 9.79. The molecule has 0 heterocycles. The zero-order valence-corrected chi connectivity index (χ0v) is 15.4. The van der Waals surface area contributed by atoms with Crippen LogP contribution in [0, 0.1) is 5.41 Å². The lowest BCUT2D eigenvalue weighted by atomic mass is 9.87. The molecule has 0 spiro atoms. The minimum Gasteiger partial charge on any atom is -0.396 e. The van der Waals surface area contributed by atoms with Crippen molar-refractivity contribution in [1.82, 2.24) is 10.2 Å². The summed E-state index contributed by atoms with van der Waals surface area (Å²) >= 11 is 0. The van der Waals surface area contributed by atoms with Crippen LogP contribution in [0.1, 0.15) is 25.8 Å². The van der Waals surface area contributed by atoms with Gasteiger partial charge in [0.2, 0.25) is 5.91 Å². The van der Waals surface area contributed by atoms with Crippen LogP contribution in [0.4, 0.5) is 4.39 Å². The van der Waals surface area contributed by atoms with Gasteiger partial charge in [-0.3, -0.25) is 9.59 Å². The van der Waals surface area contributed by atoms with E-state index in [2.05, 4.69) is 5.32 Å². The molecule has 26 heavy (non-hydrogen) atoms. The molecule has 0 saturated carbocycles. The van der Waals surface area contributed by atoms with E-state index in [9.17, 15) is 24.2 Å². The Labute approximate surface area is 154 Å². The van der Waals surface area contributed by atoms with E-state index >= 15 is 0 Å². The van der Waals surface area contributed by atoms with Gasteiger partial charge in [-0.25, -0.2) is 4.39 Å². The SMILES string of the molecule is CC(C)(CO)[C@@H](O)C(=O)NCCN(CCCc1ccccc1)C(=O)CF. The van der Waals surface area contributed by atoms with Gasteiger partial charge < -0.3 is 20.4 Å². The average molecular weight is 368 g/mol. The summed E-state index contributed by atoms with van der Waals surface area (Å²) in [5.41, 5.74) is 0.177. The molecular weight excluding hydrogens is 339 g/mol. The van der Waals surface area contributed by atoms with Crippen LogP contribution in [0.3, 0.4) is 0 Å². The number of hydrogen-bond acceptors (Lipinski definition) is 4. The third kappa shape index (κ3) is 7.09. The molecule has 0 aromatic heterocycles. The van der Waals surface area contributed by atoms with Gasteiger partial charge in [0.05, 0.1) is 6.61 Å². The van der Waals surface area contributed by atoms with E-state index in [1.165, 1.54) is 4.90 Å². The molecule has 6 nitrogen and oxygen atoms in total. The predicted octanol–water partition coefficient (Wildman–Crippen LogP) is 0.913. The van der Waals surface area contributed by atoms with Crippen molar-refractivity contribution < 1.29 is 24.2 Å². The standard InChI is InChI=1S/C19H29FN2O4/c1-19(2,14-23)17(25)18(26)21-10-12-22(16(24)13-20)11-6-9-15-7-4-3-5-8-15/h3-5,7-8,17,23,25H,6,9-14H2,1-2H3,(H,21,26)/t17-/m0/s1. The molecule has 1 rings (SSSR count). The number of nitrogens with one attached hydrogen (secondary N) is 1. The van der Waals surface area contributed by atoms with Crippen molar-refractivity contribution in [3.8, 4) is 0 Å². The number of carbonyl (C=O) groups excluding carboxylic acids is 2. The monoisotopic (exact) mass is 368 g/mol. The molecule has 2 amide bonds. The first kappa shape index (κ1) is 22.1. The fourth-order valence-electron chi connectivity index (χ4n) is 2.42. The third-order valence-electron chi connectivity index (χ3n) is 4.28. The summed E-state index contributed by atoms with van der Waals surface area (Å²) in [6.07, 6.45) is 0.0900. The van der Waals surface area contributed by atoms with Crippen LogP contribution in [-0.4, -0.2) is 65.9 Å². The van der Waals surface area contributed by atoms with Gasteiger partial charge in [-0.2, -0.15) is 0 Å². The summed E-state index contributed by atoms with van der Waals surface area (Å²) in [7, 11) is 0. The molecule has 1 aromatic rings. The van der Waals surface area contributed by atoms with Crippen LogP contribution in [0.2, 0.25) is 0 Å². The number of halogens is 1. The molecule has 7 heteroatoms. The van der Waals surface area contributed by atoms with Crippen molar-refractivity contribution in [2.75, 3.05) is 32.9 Å². The molecule has 1 atom stereocenters. The number of benzene rings is 1. The van der Waals surface area contributed by atoms with Crippen LogP contribution < -0.4 is 5.32 Å². The lowest BCUT2D eigenvalue weighted by Crippen LogP contribution is -2.48. The minimum atomic E-state index is -1.36. The maximum atomic E-state index is 12.8. The summed E-state index contributed by atoms with van der Waals surface area (Å²) in [5, 5.41) is 21.6. The van der Waals surface area contributed by atoms with Crippen molar-refractivity contribution in [2.24, 2.45) is 5.41 Å². The van der Waals surface area contributed by atoms with Crippen LogP contribution >= 0.6 is 0 Å². The summed E-state index contributed by atoms with van der Waals surface area (Å²) in [6.45, 7) is 2.37. The van der Waals surface area contributed by atoms with Crippen LogP contribution in [0.25, 0.3) is 0 Å². The van der Waals surface area contributed by atoms with Gasteiger partial charge >= 0.3 is 0 Å². The highest BCUT2D eigenvalue weighted by molar-refractivity contribution is 5.81. The maximum absolute atomic E-state index is 12.8. The van der Waals surface area contributed by atoms with E-state index in [1.807, 2.05) is 30.3 Å². The van der Waals surface area contributed by atoms with E-state index in [0.29, 0.717) is 13.0 Å². The molecule has 1 aromatic carbocycles. The highest BCUT2D eigenvalue weighted by Crippen LogP contribution is 2.19. The predicted molar refractivity (Wildman–Crippen MR) is 97.2 cm³/mol. The van der Waals surface area contributed by atoms with Gasteiger partial charge in [-0.05, 0) is 18.4 Å². The van der Waals surface area contributed by atoms with Crippen LogP contribution in [0.15, 0.2) is 30.3 Å². The molecule has 3 N–H and O–H groups in total. The molecule has 0 aliphatic carbocycles. The molecule has 0 bridgehead atoms. The Morgan fingerprint density at radius 1 is 1.23 bits per heavy atom. The van der Waals surface area contributed by atoms with E-state index in [-0.39, 0.29) is 19.7 Å². The Morgan fingerprint density at radius 3 is 2.46 bits per heavy atom. The van der Waals surface area contributed by atoms with Gasteiger partial charge in [0.15, 0.2) is 6.67 Å². The highest BCUT2D eigenvalue weighted by atomic mass is 19.1. The zero-order chi connectivity index (χ0) is 19.6. The lowest BCUT2D eigenvalue weighted by Gasteiger charge is -2.28. The van der Waals surface area contributed by atoms with Gasteiger partial charge in [0, 0.05) is 25.0 Å². The highest BCUT2D eigenvalue weighted by Gasteiger charge is 2.32. The first-order valence-electron chi connectivity index (χ1n) is 8.76. The first-order valence-corrected chi connectivity index (χ1v) is 8.76. The average Bonchev–Trinajstić information content (AvgIpc) is 2.66. The van der Waals surface area contributed by atoms with E-state index < -0.39 is 30.0 Å². The number of carbonyl (C=O) groups is 2. The lowest BCUT2D eigenvalue weighted by molar-refractivity contribution is -0.138. The third-order valence-corrected chi connectivity index (χ3v) is 4.28. The minimum absolute atomic E-state index is 0.106. The van der Waals surface area contributed by atoms with Crippen molar-refractivity contribution >= 4 is 11.8 Å². The van der Waals surface area contributed by atoms with Gasteiger partial charge in [0.25, 0.3) is 5.91 Å². The number of aryl methyl sites for hydroxylation is 1. The first-order chi connectivity index (χ1) is 12.3. The number of hydrogen-bond donors (Lipinski definition) is 3. The number of amides is 2. The Bertz CT molecular complexity index is 566. The van der Waals surface area contributed by atoms with Gasteiger partial charge in [-0.1, -0.05) is 44.2 Å². The number of aliphatic hydroxyl groups excluding tert-OH is 2. The smallest absolute Gasteiger partial charge is 0.254 e. The fraction of sp³-hybridized carbons (Fsp3) is 0.579. The summed E-state index contributed by atoms with van der Waals surface area (Å²) in [4.78, 5) is 25.0. The number of rotatable bonds is 11. The van der Waals surface area contributed by atoms with Gasteiger partial charge in [0.1, 0.15) is 6.10 Å². The number of nitrogens with zero attached hydrogens (tertiary/aromatic N) is 1. The molecule has 0 saturated heterocycles. The fourth-order valence-corrected chi connectivity index (χ4v) is 2.42. The van der Waals surface area contributed by atoms with Crippen molar-refractivity contribution in [2.45, 2.75) is 32.8 Å². The Kier molecular flexibility index (Phi) is 9.23. The second kappa shape index (κ2) is 10.9. The largest absolute Gasteiger partial charge is 0.396 e. The summed E-state index contributed by atoms with van der Waals surface area (Å²) in [5.74, 6) is -1.25. The van der Waals surface area contributed by atoms with Gasteiger partial charge in [-0.15, -0.1) is 0 Å². The van der Waals surface area contributed by atoms with Crippen molar-refractivity contribution in [3.05, 3.63) is 35.9 Å². The maximum Gasteiger partial charge on any atom is 0.254 e. The second-order valence-corrected chi connectivity index (χ2v) is 6.94. The summed E-state index contributed by atoms with van der Waals surface area (Å²) < 4.78 is 12.8. The van der Waals surface area contributed by atoms with E-state index in [0.717, 1.165) is 12.0 Å². The van der Waals surface area contributed by atoms with Crippen LogP contribution in [0.5, 0.6) is 0 Å².